The normalized spacial score (nSPS) is 16.3. The van der Waals surface area contributed by atoms with Crippen molar-refractivity contribution < 1.29 is 4.84 Å². The highest BCUT2D eigenvalue weighted by molar-refractivity contribution is 6.02. The molecule has 28 heavy (non-hydrogen) atoms. The van der Waals surface area contributed by atoms with Crippen molar-refractivity contribution in [3.63, 3.8) is 0 Å². The fraction of sp³-hybridized carbons (Fsp3) is 0.192. The van der Waals surface area contributed by atoms with E-state index in [0.29, 0.717) is 0 Å². The molecule has 1 heterocycles. The van der Waals surface area contributed by atoms with Crippen LogP contribution in [0.25, 0.3) is 0 Å². The molecule has 0 saturated heterocycles. The molecule has 3 aromatic carbocycles. The Balaban J connectivity index is 1.91. The highest BCUT2D eigenvalue weighted by Gasteiger charge is 2.44. The van der Waals surface area contributed by atoms with Crippen LogP contribution in [-0.4, -0.2) is 11.8 Å². The number of hydrogen-bond donors (Lipinski definition) is 0. The molecule has 1 atom stereocenters. The summed E-state index contributed by atoms with van der Waals surface area (Å²) in [5.74, 6) is 0. The van der Waals surface area contributed by atoms with Crippen LogP contribution in [0.15, 0.2) is 109 Å². The molecule has 1 aliphatic rings. The quantitative estimate of drug-likeness (QED) is 0.363. The molecule has 2 heteroatoms. The summed E-state index contributed by atoms with van der Waals surface area (Å²) in [5.41, 5.74) is 4.22. The summed E-state index contributed by atoms with van der Waals surface area (Å²) >= 11 is 0. The van der Waals surface area contributed by atoms with E-state index in [1.54, 1.807) is 0 Å². The smallest absolute Gasteiger partial charge is 0.133 e. The molecule has 4 rings (SSSR count). The second-order valence-electron chi connectivity index (χ2n) is 7.18. The minimum absolute atomic E-state index is 0.100. The molecule has 140 valence electrons. The predicted octanol–water partition coefficient (Wildman–Crippen LogP) is 6.13. The SMILES string of the molecule is C=CCCC1CC(C(c2ccccc2)(c2ccccc2)c2ccccc2)=NO1. The molecule has 0 aromatic heterocycles. The summed E-state index contributed by atoms with van der Waals surface area (Å²) < 4.78 is 0. The second-order valence-corrected chi connectivity index (χ2v) is 7.18. The van der Waals surface area contributed by atoms with Crippen LogP contribution in [-0.2, 0) is 10.3 Å². The van der Waals surface area contributed by atoms with Crippen LogP contribution in [0.2, 0.25) is 0 Å². The molecular formula is C26H25NO. The fourth-order valence-corrected chi connectivity index (χ4v) is 4.17. The second kappa shape index (κ2) is 8.26. The van der Waals surface area contributed by atoms with E-state index in [2.05, 4.69) is 103 Å². The maximum absolute atomic E-state index is 5.88. The lowest BCUT2D eigenvalue weighted by atomic mass is 9.65. The molecule has 0 fully saturated rings. The van der Waals surface area contributed by atoms with Crippen molar-refractivity contribution in [1.29, 1.82) is 0 Å². The van der Waals surface area contributed by atoms with Gasteiger partial charge in [-0.05, 0) is 29.5 Å². The molecule has 3 aromatic rings. The Morgan fingerprint density at radius 2 is 1.29 bits per heavy atom. The highest BCUT2D eigenvalue weighted by Crippen LogP contribution is 2.43. The van der Waals surface area contributed by atoms with Crippen molar-refractivity contribution >= 4 is 5.71 Å². The Morgan fingerprint density at radius 1 is 0.821 bits per heavy atom. The van der Waals surface area contributed by atoms with E-state index < -0.39 is 5.41 Å². The van der Waals surface area contributed by atoms with Gasteiger partial charge in [0, 0.05) is 6.42 Å². The largest absolute Gasteiger partial charge is 0.392 e. The molecule has 0 saturated carbocycles. The fourth-order valence-electron chi connectivity index (χ4n) is 4.17. The van der Waals surface area contributed by atoms with Crippen LogP contribution in [0.3, 0.4) is 0 Å². The van der Waals surface area contributed by atoms with Gasteiger partial charge in [0.25, 0.3) is 0 Å². The Bertz CT molecular complexity index is 835. The molecular weight excluding hydrogens is 342 g/mol. The van der Waals surface area contributed by atoms with E-state index in [1.165, 1.54) is 16.7 Å². The topological polar surface area (TPSA) is 21.6 Å². The highest BCUT2D eigenvalue weighted by atomic mass is 16.6. The molecule has 0 spiro atoms. The number of allylic oxidation sites excluding steroid dienone is 1. The van der Waals surface area contributed by atoms with Gasteiger partial charge < -0.3 is 4.84 Å². The maximum atomic E-state index is 5.88. The lowest BCUT2D eigenvalue weighted by Gasteiger charge is -2.35. The van der Waals surface area contributed by atoms with Crippen molar-refractivity contribution in [3.05, 3.63) is 120 Å². The number of benzene rings is 3. The Morgan fingerprint density at radius 3 is 1.71 bits per heavy atom. The maximum Gasteiger partial charge on any atom is 0.133 e. The van der Waals surface area contributed by atoms with Crippen molar-refractivity contribution in [2.45, 2.75) is 30.8 Å². The lowest BCUT2D eigenvalue weighted by molar-refractivity contribution is 0.0799. The molecule has 0 aliphatic carbocycles. The summed E-state index contributed by atoms with van der Waals surface area (Å²) in [5, 5.41) is 4.65. The summed E-state index contributed by atoms with van der Waals surface area (Å²) in [6.07, 6.45) is 4.73. The van der Waals surface area contributed by atoms with E-state index in [9.17, 15) is 0 Å². The minimum Gasteiger partial charge on any atom is -0.392 e. The molecule has 0 N–H and O–H groups in total. The van der Waals surface area contributed by atoms with Gasteiger partial charge in [-0.25, -0.2) is 0 Å². The van der Waals surface area contributed by atoms with Gasteiger partial charge in [-0.2, -0.15) is 0 Å². The van der Waals surface area contributed by atoms with Crippen LogP contribution < -0.4 is 0 Å². The number of rotatable bonds is 7. The van der Waals surface area contributed by atoms with Gasteiger partial charge in [-0.15, -0.1) is 6.58 Å². The minimum atomic E-state index is -0.466. The lowest BCUT2D eigenvalue weighted by Crippen LogP contribution is -2.38. The average molecular weight is 367 g/mol. The first-order valence-electron chi connectivity index (χ1n) is 9.86. The molecule has 1 aliphatic heterocycles. The zero-order chi connectivity index (χ0) is 19.2. The summed E-state index contributed by atoms with van der Waals surface area (Å²) in [7, 11) is 0. The van der Waals surface area contributed by atoms with Crippen LogP contribution in [0.5, 0.6) is 0 Å². The molecule has 0 bridgehead atoms. The van der Waals surface area contributed by atoms with Gasteiger partial charge in [-0.1, -0.05) is 102 Å². The summed E-state index contributed by atoms with van der Waals surface area (Å²) in [6.45, 7) is 3.84. The van der Waals surface area contributed by atoms with E-state index in [-0.39, 0.29) is 6.10 Å². The average Bonchev–Trinajstić information content (AvgIpc) is 3.24. The van der Waals surface area contributed by atoms with Gasteiger partial charge in [-0.3, -0.25) is 0 Å². The Kier molecular flexibility index (Phi) is 5.38. The third kappa shape index (κ3) is 3.27. The zero-order valence-electron chi connectivity index (χ0n) is 16.0. The van der Waals surface area contributed by atoms with Gasteiger partial charge in [0.2, 0.25) is 0 Å². The number of oxime groups is 1. The first kappa shape index (κ1) is 18.2. The molecule has 1 unspecified atom stereocenters. The van der Waals surface area contributed by atoms with E-state index >= 15 is 0 Å². The Labute approximate surface area is 167 Å². The van der Waals surface area contributed by atoms with Gasteiger partial charge in [0.1, 0.15) is 6.10 Å². The predicted molar refractivity (Wildman–Crippen MR) is 116 cm³/mol. The molecule has 0 radical (unpaired) electrons. The monoisotopic (exact) mass is 367 g/mol. The van der Waals surface area contributed by atoms with E-state index in [1.807, 2.05) is 6.08 Å². The van der Waals surface area contributed by atoms with Crippen LogP contribution in [0, 0.1) is 0 Å². The van der Waals surface area contributed by atoms with Crippen LogP contribution >= 0.6 is 0 Å². The van der Waals surface area contributed by atoms with Crippen LogP contribution in [0.4, 0.5) is 0 Å². The van der Waals surface area contributed by atoms with E-state index in [4.69, 9.17) is 4.84 Å². The van der Waals surface area contributed by atoms with Crippen molar-refractivity contribution in [1.82, 2.24) is 0 Å². The zero-order valence-corrected chi connectivity index (χ0v) is 16.0. The first-order valence-corrected chi connectivity index (χ1v) is 9.86. The summed E-state index contributed by atoms with van der Waals surface area (Å²) in [4.78, 5) is 5.88. The van der Waals surface area contributed by atoms with Gasteiger partial charge in [0.15, 0.2) is 0 Å². The van der Waals surface area contributed by atoms with Crippen molar-refractivity contribution in [2.24, 2.45) is 5.16 Å². The molecule has 0 amide bonds. The van der Waals surface area contributed by atoms with Crippen LogP contribution in [0.1, 0.15) is 36.0 Å². The molecule has 2 nitrogen and oxygen atoms in total. The van der Waals surface area contributed by atoms with Crippen molar-refractivity contribution in [2.75, 3.05) is 0 Å². The standard InChI is InChI=1S/C26H25NO/c1-2-3-19-24-20-25(27-28-24)26(21-13-7-4-8-14-21,22-15-9-5-10-16-22)23-17-11-6-12-18-23/h2,4-18,24H,1,3,19-20H2. The Hall–Kier alpha value is -3.13. The third-order valence-electron chi connectivity index (χ3n) is 5.48. The van der Waals surface area contributed by atoms with E-state index in [0.717, 1.165) is 25.0 Å². The third-order valence-corrected chi connectivity index (χ3v) is 5.48. The number of hydrogen-bond acceptors (Lipinski definition) is 2. The van der Waals surface area contributed by atoms with Gasteiger partial charge in [0.05, 0.1) is 11.1 Å². The number of nitrogens with zero attached hydrogens (tertiary/aromatic N) is 1. The van der Waals surface area contributed by atoms with Gasteiger partial charge >= 0.3 is 0 Å². The first-order chi connectivity index (χ1) is 13.9. The summed E-state index contributed by atoms with van der Waals surface area (Å²) in [6, 6.07) is 31.9. The van der Waals surface area contributed by atoms with Crippen molar-refractivity contribution in [3.8, 4) is 0 Å².